The minimum absolute atomic E-state index is 0.436. The number of ether oxygens (including phenoxy) is 2. The van der Waals surface area contributed by atoms with E-state index in [1.54, 1.807) is 12.2 Å². The topological polar surface area (TPSA) is 76.0 Å². The number of hydrogen-bond donors (Lipinski definition) is 2. The van der Waals surface area contributed by atoms with E-state index in [4.69, 9.17) is 19.3 Å². The van der Waals surface area contributed by atoms with Crippen LogP contribution in [-0.2, 0) is 14.0 Å². The van der Waals surface area contributed by atoms with Crippen LogP contribution in [0.4, 0.5) is 0 Å². The molecule has 1 atom stereocenters. The highest BCUT2D eigenvalue weighted by molar-refractivity contribution is 7.51. The van der Waals surface area contributed by atoms with E-state index < -0.39 is 20.2 Å². The zero-order valence-corrected chi connectivity index (χ0v) is 6.61. The van der Waals surface area contributed by atoms with Crippen LogP contribution in [-0.4, -0.2) is 29.0 Å². The molecule has 11 heavy (non-hydrogen) atoms. The molecule has 1 aliphatic heterocycles. The summed E-state index contributed by atoms with van der Waals surface area (Å²) in [5.74, 6) is 0. The predicted molar refractivity (Wildman–Crippen MR) is 36.9 cm³/mol. The van der Waals surface area contributed by atoms with Crippen LogP contribution in [0, 0.1) is 0 Å². The minimum Gasteiger partial charge on any atom is -0.345 e. The first-order chi connectivity index (χ1) is 5.08. The Morgan fingerprint density at radius 1 is 1.73 bits per heavy atom. The van der Waals surface area contributed by atoms with Crippen molar-refractivity contribution in [3.8, 4) is 0 Å². The summed E-state index contributed by atoms with van der Waals surface area (Å²) in [6, 6.07) is 0. The van der Waals surface area contributed by atoms with Crippen LogP contribution in [0.5, 0.6) is 0 Å². The Morgan fingerprint density at radius 2 is 2.45 bits per heavy atom. The number of rotatable bonds is 3. The molecule has 0 spiro atoms. The molecule has 2 N–H and O–H groups in total. The molecule has 0 aromatic rings. The van der Waals surface area contributed by atoms with Gasteiger partial charge in [-0.05, 0) is 6.08 Å². The molecule has 0 bridgehead atoms. The molecule has 0 radical (unpaired) electrons. The Labute approximate surface area is 63.8 Å². The molecule has 0 aliphatic carbocycles. The largest absolute Gasteiger partial charge is 0.351 e. The standard InChI is InChI=1S/C5H9O5P/c6-11(7,8)4-10-5-2-1-3-9-5/h1-2,5H,3-4H2,(H2,6,7,8). The highest BCUT2D eigenvalue weighted by atomic mass is 31.2. The quantitative estimate of drug-likeness (QED) is 0.474. The van der Waals surface area contributed by atoms with E-state index >= 15 is 0 Å². The summed E-state index contributed by atoms with van der Waals surface area (Å²) >= 11 is 0. The van der Waals surface area contributed by atoms with Gasteiger partial charge in [0.25, 0.3) is 0 Å². The summed E-state index contributed by atoms with van der Waals surface area (Å²) in [5, 5.41) is 0. The van der Waals surface area contributed by atoms with Crippen LogP contribution >= 0.6 is 7.60 Å². The van der Waals surface area contributed by atoms with Gasteiger partial charge in [0, 0.05) is 0 Å². The van der Waals surface area contributed by atoms with Crippen molar-refractivity contribution in [1.29, 1.82) is 0 Å². The first-order valence-corrected chi connectivity index (χ1v) is 4.82. The summed E-state index contributed by atoms with van der Waals surface area (Å²) in [7, 11) is -4.05. The van der Waals surface area contributed by atoms with Gasteiger partial charge in [0.2, 0.25) is 0 Å². The van der Waals surface area contributed by atoms with Crippen molar-refractivity contribution in [3.05, 3.63) is 12.2 Å². The molecule has 64 valence electrons. The molecule has 5 nitrogen and oxygen atoms in total. The molecule has 0 amide bonds. The lowest BCUT2D eigenvalue weighted by Gasteiger charge is -2.10. The molecular formula is C5H9O5P. The first kappa shape index (κ1) is 8.90. The van der Waals surface area contributed by atoms with E-state index in [0.717, 1.165) is 0 Å². The second-order valence-electron chi connectivity index (χ2n) is 2.09. The average molecular weight is 180 g/mol. The molecule has 1 aliphatic rings. The predicted octanol–water partition coefficient (Wildman–Crippen LogP) is 0.0507. The summed E-state index contributed by atoms with van der Waals surface area (Å²) in [5.41, 5.74) is 0. The molecule has 0 aromatic carbocycles. The van der Waals surface area contributed by atoms with Gasteiger partial charge in [-0.3, -0.25) is 4.57 Å². The maximum atomic E-state index is 10.3. The first-order valence-electron chi connectivity index (χ1n) is 3.02. The van der Waals surface area contributed by atoms with Crippen molar-refractivity contribution < 1.29 is 23.8 Å². The molecule has 0 fully saturated rings. The average Bonchev–Trinajstić information content (AvgIpc) is 2.32. The summed E-state index contributed by atoms with van der Waals surface area (Å²) in [6.07, 6.45) is 2.14. The fourth-order valence-corrected chi connectivity index (χ4v) is 0.988. The maximum Gasteiger partial charge on any atom is 0.351 e. The molecule has 1 heterocycles. The molecule has 0 saturated carbocycles. The maximum absolute atomic E-state index is 10.3. The van der Waals surface area contributed by atoms with E-state index in [9.17, 15) is 4.57 Å². The third-order valence-electron chi connectivity index (χ3n) is 1.06. The van der Waals surface area contributed by atoms with Crippen LogP contribution in [0.2, 0.25) is 0 Å². The van der Waals surface area contributed by atoms with Gasteiger partial charge in [-0.25, -0.2) is 0 Å². The van der Waals surface area contributed by atoms with Crippen molar-refractivity contribution in [2.24, 2.45) is 0 Å². The lowest BCUT2D eigenvalue weighted by Crippen LogP contribution is -2.10. The second kappa shape index (κ2) is 3.47. The van der Waals surface area contributed by atoms with Crippen LogP contribution in [0.15, 0.2) is 12.2 Å². The van der Waals surface area contributed by atoms with E-state index in [-0.39, 0.29) is 0 Å². The van der Waals surface area contributed by atoms with E-state index in [0.29, 0.717) is 6.61 Å². The highest BCUT2D eigenvalue weighted by Crippen LogP contribution is 2.34. The van der Waals surface area contributed by atoms with Crippen molar-refractivity contribution in [2.75, 3.05) is 13.0 Å². The molecule has 1 rings (SSSR count). The van der Waals surface area contributed by atoms with Crippen molar-refractivity contribution in [2.45, 2.75) is 6.29 Å². The van der Waals surface area contributed by atoms with Gasteiger partial charge in [0.15, 0.2) is 12.6 Å². The van der Waals surface area contributed by atoms with E-state index in [2.05, 4.69) is 0 Å². The Morgan fingerprint density at radius 3 is 2.91 bits per heavy atom. The Bertz CT molecular complexity index is 195. The monoisotopic (exact) mass is 180 g/mol. The Kier molecular flexibility index (Phi) is 2.81. The van der Waals surface area contributed by atoms with E-state index in [1.807, 2.05) is 0 Å². The smallest absolute Gasteiger partial charge is 0.345 e. The fraction of sp³-hybridized carbons (Fsp3) is 0.600. The SMILES string of the molecule is O=P(O)(O)COC1C=CCO1. The van der Waals surface area contributed by atoms with Crippen molar-refractivity contribution in [1.82, 2.24) is 0 Å². The highest BCUT2D eigenvalue weighted by Gasteiger charge is 2.17. The van der Waals surface area contributed by atoms with Crippen molar-refractivity contribution >= 4 is 7.60 Å². The van der Waals surface area contributed by atoms with Crippen LogP contribution in [0.3, 0.4) is 0 Å². The van der Waals surface area contributed by atoms with Gasteiger partial charge in [-0.2, -0.15) is 0 Å². The molecular weight excluding hydrogens is 171 g/mol. The fourth-order valence-electron chi connectivity index (χ4n) is 0.647. The van der Waals surface area contributed by atoms with Gasteiger partial charge in [0.1, 0.15) is 0 Å². The zero-order chi connectivity index (χ0) is 8.32. The normalized spacial score (nSPS) is 24.4. The summed E-state index contributed by atoms with van der Waals surface area (Å²) in [6.45, 7) is 0.436. The minimum atomic E-state index is -4.05. The molecule has 1 unspecified atom stereocenters. The van der Waals surface area contributed by atoms with Crippen LogP contribution < -0.4 is 0 Å². The van der Waals surface area contributed by atoms with Gasteiger partial charge in [-0.1, -0.05) is 6.08 Å². The lowest BCUT2D eigenvalue weighted by atomic mass is 10.6. The van der Waals surface area contributed by atoms with Gasteiger partial charge in [-0.15, -0.1) is 0 Å². The Hall–Kier alpha value is -0.190. The van der Waals surface area contributed by atoms with Gasteiger partial charge < -0.3 is 19.3 Å². The summed E-state index contributed by atoms with van der Waals surface area (Å²) < 4.78 is 19.8. The molecule has 6 heteroatoms. The third-order valence-corrected chi connectivity index (χ3v) is 1.54. The molecule has 0 aromatic heterocycles. The lowest BCUT2D eigenvalue weighted by molar-refractivity contribution is -0.0795. The number of hydrogen-bond acceptors (Lipinski definition) is 3. The summed E-state index contributed by atoms with van der Waals surface area (Å²) in [4.78, 5) is 16.8. The van der Waals surface area contributed by atoms with Crippen LogP contribution in [0.25, 0.3) is 0 Å². The molecule has 0 saturated heterocycles. The van der Waals surface area contributed by atoms with Crippen molar-refractivity contribution in [3.63, 3.8) is 0 Å². The third kappa shape index (κ3) is 3.65. The van der Waals surface area contributed by atoms with Gasteiger partial charge in [0.05, 0.1) is 6.61 Å². The zero-order valence-electron chi connectivity index (χ0n) is 5.71. The van der Waals surface area contributed by atoms with Crippen LogP contribution in [0.1, 0.15) is 0 Å². The second-order valence-corrected chi connectivity index (χ2v) is 3.68. The Balaban J connectivity index is 2.22. The van der Waals surface area contributed by atoms with E-state index in [1.165, 1.54) is 0 Å². The van der Waals surface area contributed by atoms with Gasteiger partial charge >= 0.3 is 7.60 Å².